The van der Waals surface area contributed by atoms with E-state index in [1.807, 2.05) is 30.7 Å². The van der Waals surface area contributed by atoms with Crippen LogP contribution in [-0.4, -0.2) is 57.1 Å². The zero-order chi connectivity index (χ0) is 32.6. The van der Waals surface area contributed by atoms with Crippen LogP contribution in [0.4, 0.5) is 0 Å². The second-order valence-electron chi connectivity index (χ2n) is 12.6. The molecule has 48 heavy (non-hydrogen) atoms. The lowest BCUT2D eigenvalue weighted by Gasteiger charge is -2.39. The average Bonchev–Trinajstić information content (AvgIpc) is 3.63. The summed E-state index contributed by atoms with van der Waals surface area (Å²) in [4.78, 5) is 14.9. The summed E-state index contributed by atoms with van der Waals surface area (Å²) in [7, 11) is 0. The smallest absolute Gasteiger partial charge is 0.121 e. The third-order valence-corrected chi connectivity index (χ3v) is 9.93. The van der Waals surface area contributed by atoms with Gasteiger partial charge in [-0.3, -0.25) is 9.88 Å². The SMILES string of the molecule is Clc1ccc(C(c2ccccn2)N2CCN(CCCCc3cn(C(c4ccccc4)(c4ccccc4)c4ccccc4)cn3)CC2)cc1. The minimum Gasteiger partial charge on any atom is -0.319 e. The third-order valence-electron chi connectivity index (χ3n) is 9.68. The second kappa shape index (κ2) is 15.1. The number of rotatable bonds is 12. The van der Waals surface area contributed by atoms with Crippen molar-refractivity contribution in [2.75, 3.05) is 32.7 Å². The van der Waals surface area contributed by atoms with Gasteiger partial charge in [-0.2, -0.15) is 0 Å². The van der Waals surface area contributed by atoms with Crippen LogP contribution in [0.3, 0.4) is 0 Å². The van der Waals surface area contributed by atoms with Crippen LogP contribution in [0.5, 0.6) is 0 Å². The van der Waals surface area contributed by atoms with Gasteiger partial charge >= 0.3 is 0 Å². The molecule has 0 amide bonds. The Bertz CT molecular complexity index is 1740. The van der Waals surface area contributed by atoms with Gasteiger partial charge < -0.3 is 9.47 Å². The van der Waals surface area contributed by atoms with Crippen molar-refractivity contribution in [3.63, 3.8) is 0 Å². The van der Waals surface area contributed by atoms with E-state index in [-0.39, 0.29) is 6.04 Å². The van der Waals surface area contributed by atoms with Crippen LogP contribution in [0.15, 0.2) is 152 Å². The molecular formula is C42H42ClN5. The summed E-state index contributed by atoms with van der Waals surface area (Å²) in [5, 5.41) is 0.762. The Kier molecular flexibility index (Phi) is 10.1. The van der Waals surface area contributed by atoms with E-state index in [1.54, 1.807) is 0 Å². The molecule has 1 aliphatic heterocycles. The number of pyridine rings is 1. The minimum absolute atomic E-state index is 0.135. The van der Waals surface area contributed by atoms with E-state index in [0.717, 1.165) is 68.4 Å². The monoisotopic (exact) mass is 651 g/mol. The molecule has 1 atom stereocenters. The average molecular weight is 652 g/mol. The minimum atomic E-state index is -0.520. The molecule has 1 unspecified atom stereocenters. The Hall–Kier alpha value is -4.55. The van der Waals surface area contributed by atoms with E-state index < -0.39 is 5.54 Å². The fourth-order valence-corrected chi connectivity index (χ4v) is 7.43. The van der Waals surface area contributed by atoms with E-state index in [2.05, 4.69) is 136 Å². The quantitative estimate of drug-likeness (QED) is 0.0982. The highest BCUT2D eigenvalue weighted by molar-refractivity contribution is 6.30. The largest absolute Gasteiger partial charge is 0.319 e. The van der Waals surface area contributed by atoms with Gasteiger partial charge in [0.05, 0.1) is 23.8 Å². The fourth-order valence-electron chi connectivity index (χ4n) is 7.30. The lowest BCUT2D eigenvalue weighted by atomic mass is 9.77. The molecule has 0 N–H and O–H groups in total. The van der Waals surface area contributed by atoms with Crippen molar-refractivity contribution >= 4 is 11.6 Å². The first-order valence-corrected chi connectivity index (χ1v) is 17.4. The standard InChI is InChI=1S/C42H42ClN5/c43-38-24-22-34(23-25-38)41(40-21-10-12-26-44-40)47-30-28-46(29-31-47)27-13-11-20-39-32-48(33-45-39)42(35-14-4-1-5-15-35,36-16-6-2-7-17-36)37-18-8-3-9-19-37/h1-10,12,14-19,21-26,32-33,41H,11,13,20,27-31H2. The Labute approximate surface area is 289 Å². The van der Waals surface area contributed by atoms with E-state index in [4.69, 9.17) is 21.6 Å². The first-order chi connectivity index (χ1) is 23.7. The summed E-state index contributed by atoms with van der Waals surface area (Å²) in [6.07, 6.45) is 9.39. The molecule has 0 saturated carbocycles. The molecule has 6 heteroatoms. The molecule has 1 saturated heterocycles. The van der Waals surface area contributed by atoms with Gasteiger partial charge in [-0.15, -0.1) is 0 Å². The topological polar surface area (TPSA) is 37.2 Å². The number of hydrogen-bond donors (Lipinski definition) is 0. The third kappa shape index (κ3) is 6.86. The highest BCUT2D eigenvalue weighted by atomic mass is 35.5. The Balaban J connectivity index is 1.01. The normalized spacial score (nSPS) is 14.9. The molecule has 3 heterocycles. The number of hydrogen-bond acceptors (Lipinski definition) is 4. The lowest BCUT2D eigenvalue weighted by Crippen LogP contribution is -2.48. The molecule has 4 aromatic carbocycles. The maximum absolute atomic E-state index is 6.22. The van der Waals surface area contributed by atoms with Gasteiger partial charge in [-0.05, 0) is 72.3 Å². The van der Waals surface area contributed by atoms with Gasteiger partial charge in [0.1, 0.15) is 5.54 Å². The highest BCUT2D eigenvalue weighted by Gasteiger charge is 2.38. The molecule has 5 nitrogen and oxygen atoms in total. The van der Waals surface area contributed by atoms with Gasteiger partial charge in [-0.1, -0.05) is 121 Å². The molecular weight excluding hydrogens is 610 g/mol. The number of halogens is 1. The van der Waals surface area contributed by atoms with Crippen molar-refractivity contribution in [2.24, 2.45) is 0 Å². The van der Waals surface area contributed by atoms with Gasteiger partial charge in [0.25, 0.3) is 0 Å². The molecule has 0 aliphatic carbocycles. The molecule has 2 aromatic heterocycles. The number of aromatic nitrogens is 3. The maximum Gasteiger partial charge on any atom is 0.121 e. The van der Waals surface area contributed by atoms with Crippen molar-refractivity contribution < 1.29 is 0 Å². The van der Waals surface area contributed by atoms with Crippen LogP contribution in [-0.2, 0) is 12.0 Å². The number of benzene rings is 4. The molecule has 0 spiro atoms. The van der Waals surface area contributed by atoms with Gasteiger partial charge in [0.15, 0.2) is 0 Å². The van der Waals surface area contributed by atoms with Crippen molar-refractivity contribution in [2.45, 2.75) is 30.8 Å². The van der Waals surface area contributed by atoms with Crippen LogP contribution >= 0.6 is 11.6 Å². The van der Waals surface area contributed by atoms with Gasteiger partial charge in [0.2, 0.25) is 0 Å². The van der Waals surface area contributed by atoms with Gasteiger partial charge in [-0.25, -0.2) is 4.98 Å². The van der Waals surface area contributed by atoms with Gasteiger partial charge in [0, 0.05) is 43.6 Å². The number of piperazine rings is 1. The predicted molar refractivity (Wildman–Crippen MR) is 195 cm³/mol. The van der Waals surface area contributed by atoms with Crippen molar-refractivity contribution in [1.82, 2.24) is 24.3 Å². The van der Waals surface area contributed by atoms with Crippen molar-refractivity contribution in [1.29, 1.82) is 0 Å². The van der Waals surface area contributed by atoms with Crippen molar-refractivity contribution in [3.8, 4) is 0 Å². The van der Waals surface area contributed by atoms with Crippen LogP contribution in [0.1, 0.15) is 52.5 Å². The Morgan fingerprint density at radius 1 is 0.625 bits per heavy atom. The summed E-state index contributed by atoms with van der Waals surface area (Å²) in [5.41, 5.74) is 6.58. The Morgan fingerprint density at radius 2 is 1.21 bits per heavy atom. The summed E-state index contributed by atoms with van der Waals surface area (Å²) in [5.74, 6) is 0. The van der Waals surface area contributed by atoms with Crippen molar-refractivity contribution in [3.05, 3.63) is 191 Å². The number of nitrogens with zero attached hydrogens (tertiary/aromatic N) is 5. The zero-order valence-corrected chi connectivity index (χ0v) is 28.0. The van der Waals surface area contributed by atoms with Crippen LogP contribution in [0.25, 0.3) is 0 Å². The highest BCUT2D eigenvalue weighted by Crippen LogP contribution is 2.41. The lowest BCUT2D eigenvalue weighted by molar-refractivity contribution is 0.107. The first kappa shape index (κ1) is 32.0. The molecule has 0 bridgehead atoms. The summed E-state index contributed by atoms with van der Waals surface area (Å²) in [6.45, 7) is 5.23. The summed E-state index contributed by atoms with van der Waals surface area (Å²) >= 11 is 6.22. The molecule has 7 rings (SSSR count). The van der Waals surface area contributed by atoms with Crippen LogP contribution < -0.4 is 0 Å². The predicted octanol–water partition coefficient (Wildman–Crippen LogP) is 8.50. The fraction of sp³-hybridized carbons (Fsp3) is 0.238. The first-order valence-electron chi connectivity index (χ1n) is 17.0. The molecule has 0 radical (unpaired) electrons. The van der Waals surface area contributed by atoms with Crippen LogP contribution in [0, 0.1) is 0 Å². The number of imidazole rings is 1. The molecule has 1 fully saturated rings. The van der Waals surface area contributed by atoms with Crippen LogP contribution in [0.2, 0.25) is 5.02 Å². The van der Waals surface area contributed by atoms with E-state index in [0.29, 0.717) is 0 Å². The Morgan fingerprint density at radius 3 is 1.77 bits per heavy atom. The number of unbranched alkanes of at least 4 members (excludes halogenated alkanes) is 1. The number of aryl methyl sites for hydroxylation is 1. The maximum atomic E-state index is 6.22. The molecule has 1 aliphatic rings. The molecule has 242 valence electrons. The second-order valence-corrected chi connectivity index (χ2v) is 13.1. The zero-order valence-electron chi connectivity index (χ0n) is 27.3. The van der Waals surface area contributed by atoms with E-state index in [9.17, 15) is 0 Å². The summed E-state index contributed by atoms with van der Waals surface area (Å²) < 4.78 is 2.32. The van der Waals surface area contributed by atoms with E-state index >= 15 is 0 Å². The molecule has 6 aromatic rings. The van der Waals surface area contributed by atoms with E-state index in [1.165, 1.54) is 22.3 Å². The summed E-state index contributed by atoms with van der Waals surface area (Å²) in [6, 6.07) is 47.0.